The summed E-state index contributed by atoms with van der Waals surface area (Å²) < 4.78 is 57.0. The average Bonchev–Trinajstić information content (AvgIpc) is 2.88. The number of esters is 4. The number of carbonyl (C=O) groups excluding carboxylic acids is 4. The highest BCUT2D eigenvalue weighted by atomic mass is 32.2. The van der Waals surface area contributed by atoms with Crippen LogP contribution in [0.15, 0.2) is 59.5 Å². The molecule has 41 heavy (non-hydrogen) atoms. The summed E-state index contributed by atoms with van der Waals surface area (Å²) in [6.07, 6.45) is -5.93. The molecule has 0 unspecified atom stereocenters. The number of ether oxygens (including phenoxy) is 5. The number of aryl methyl sites for hydroxylation is 1. The first-order chi connectivity index (χ1) is 19.3. The maximum atomic E-state index is 14.2. The van der Waals surface area contributed by atoms with Crippen molar-refractivity contribution < 1.29 is 51.3 Å². The Balaban J connectivity index is 2.25. The van der Waals surface area contributed by atoms with Crippen LogP contribution >= 0.6 is 0 Å². The molecular weight excluding hydrogens is 558 g/mol. The minimum Gasteiger partial charge on any atom is -0.463 e. The van der Waals surface area contributed by atoms with E-state index in [1.54, 1.807) is 49.4 Å². The van der Waals surface area contributed by atoms with E-state index < -0.39 is 71.2 Å². The first-order valence-electron chi connectivity index (χ1n) is 12.7. The molecule has 0 N–H and O–H groups in total. The normalized spacial score (nSPS) is 22.4. The molecule has 0 aromatic heterocycles. The molecule has 5 atom stereocenters. The van der Waals surface area contributed by atoms with E-state index in [0.29, 0.717) is 5.56 Å². The number of carbonyl (C=O) groups is 4. The summed E-state index contributed by atoms with van der Waals surface area (Å²) in [5.41, 5.74) is 1.37. The third-order valence-electron chi connectivity index (χ3n) is 6.09. The lowest BCUT2D eigenvalue weighted by molar-refractivity contribution is -0.280. The quantitative estimate of drug-likeness (QED) is 0.295. The van der Waals surface area contributed by atoms with Gasteiger partial charge < -0.3 is 23.7 Å². The fourth-order valence-electron chi connectivity index (χ4n) is 4.41. The number of benzene rings is 2. The molecule has 13 heteroatoms. The van der Waals surface area contributed by atoms with Gasteiger partial charge in [-0.1, -0.05) is 48.0 Å². The average molecular weight is 592 g/mol. The first-order valence-corrected chi connectivity index (χ1v) is 14.2. The SMILES string of the molecule is CC(=O)OC[C@H]1O[C@@H](OC(C)=O)[C@H](N(Cc2ccccc2)S(=O)(=O)c2ccc(C)cc2)[C@@H](OC(C)=O)[C@@H]1OC(C)=O. The molecule has 1 saturated heterocycles. The molecule has 1 aliphatic rings. The smallest absolute Gasteiger partial charge is 0.304 e. The summed E-state index contributed by atoms with van der Waals surface area (Å²) in [6.45, 7) is 5.50. The maximum absolute atomic E-state index is 14.2. The minimum atomic E-state index is -4.40. The van der Waals surface area contributed by atoms with Gasteiger partial charge in [0.05, 0.1) is 4.90 Å². The lowest BCUT2D eigenvalue weighted by atomic mass is 9.95. The summed E-state index contributed by atoms with van der Waals surface area (Å²) >= 11 is 0. The molecule has 3 rings (SSSR count). The van der Waals surface area contributed by atoms with Crippen LogP contribution in [0.5, 0.6) is 0 Å². The first kappa shape index (κ1) is 31.7. The number of hydrogen-bond donors (Lipinski definition) is 0. The molecular formula is C28H33NO11S. The van der Waals surface area contributed by atoms with Crippen LogP contribution in [0.25, 0.3) is 0 Å². The van der Waals surface area contributed by atoms with Crippen molar-refractivity contribution >= 4 is 33.9 Å². The largest absolute Gasteiger partial charge is 0.463 e. The molecule has 2 aromatic carbocycles. The van der Waals surface area contributed by atoms with Crippen molar-refractivity contribution in [2.45, 2.75) is 76.7 Å². The summed E-state index contributed by atoms with van der Waals surface area (Å²) in [5, 5.41) is 0. The monoisotopic (exact) mass is 591 g/mol. The van der Waals surface area contributed by atoms with E-state index in [2.05, 4.69) is 0 Å². The number of sulfonamides is 1. The fraction of sp³-hybridized carbons (Fsp3) is 0.429. The third-order valence-corrected chi connectivity index (χ3v) is 7.95. The molecule has 12 nitrogen and oxygen atoms in total. The van der Waals surface area contributed by atoms with Crippen molar-refractivity contribution in [1.29, 1.82) is 0 Å². The van der Waals surface area contributed by atoms with E-state index in [1.807, 2.05) is 0 Å². The number of nitrogens with zero attached hydrogens (tertiary/aromatic N) is 1. The predicted octanol–water partition coefficient (Wildman–Crippen LogP) is 2.27. The zero-order valence-electron chi connectivity index (χ0n) is 23.3. The Hall–Kier alpha value is -3.81. The van der Waals surface area contributed by atoms with Gasteiger partial charge >= 0.3 is 23.9 Å². The van der Waals surface area contributed by atoms with E-state index in [4.69, 9.17) is 23.7 Å². The molecule has 222 valence electrons. The van der Waals surface area contributed by atoms with Crippen LogP contribution in [0.3, 0.4) is 0 Å². The van der Waals surface area contributed by atoms with Crippen LogP contribution < -0.4 is 0 Å². The molecule has 0 radical (unpaired) electrons. The van der Waals surface area contributed by atoms with Crippen LogP contribution in [-0.4, -0.2) is 73.9 Å². The number of rotatable bonds is 10. The highest BCUT2D eigenvalue weighted by molar-refractivity contribution is 7.89. The van der Waals surface area contributed by atoms with Gasteiger partial charge in [-0.05, 0) is 24.6 Å². The van der Waals surface area contributed by atoms with Gasteiger partial charge in [0.1, 0.15) is 18.8 Å². The standard InChI is InChI=1S/C28H33NO11S/c1-17-11-13-23(14-12-17)41(34,35)29(15-22-9-7-6-8-10-22)25-27(38-20(4)32)26(37-19(3)31)24(16-36-18(2)30)40-28(25)39-21(5)33/h6-14,24-28H,15-16H2,1-5H3/t24-,25-,26-,27-,28-/m1/s1. The highest BCUT2D eigenvalue weighted by Gasteiger charge is 2.56. The van der Waals surface area contributed by atoms with Crippen LogP contribution in [0.4, 0.5) is 0 Å². The van der Waals surface area contributed by atoms with Crippen molar-refractivity contribution in [2.24, 2.45) is 0 Å². The van der Waals surface area contributed by atoms with E-state index >= 15 is 0 Å². The molecule has 0 saturated carbocycles. The summed E-state index contributed by atoms with van der Waals surface area (Å²) in [4.78, 5) is 48.2. The van der Waals surface area contributed by atoms with Crippen molar-refractivity contribution in [3.63, 3.8) is 0 Å². The Morgan fingerprint density at radius 2 is 1.34 bits per heavy atom. The molecule has 1 fully saturated rings. The summed E-state index contributed by atoms with van der Waals surface area (Å²) in [5.74, 6) is -3.15. The van der Waals surface area contributed by atoms with Crippen LogP contribution in [0, 0.1) is 6.92 Å². The Kier molecular flexibility index (Phi) is 10.6. The minimum absolute atomic E-state index is 0.0896. The third kappa shape index (κ3) is 8.35. The second-order valence-electron chi connectivity index (χ2n) is 9.44. The van der Waals surface area contributed by atoms with E-state index in [-0.39, 0.29) is 11.4 Å². The van der Waals surface area contributed by atoms with Gasteiger partial charge in [0, 0.05) is 34.2 Å². The summed E-state index contributed by atoms with van der Waals surface area (Å²) in [7, 11) is -4.40. The lowest BCUT2D eigenvalue weighted by Gasteiger charge is -2.47. The van der Waals surface area contributed by atoms with E-state index in [1.165, 1.54) is 12.1 Å². The van der Waals surface area contributed by atoms with Crippen LogP contribution in [0.1, 0.15) is 38.8 Å². The zero-order chi connectivity index (χ0) is 30.3. The molecule has 0 amide bonds. The van der Waals surface area contributed by atoms with Crippen molar-refractivity contribution in [1.82, 2.24) is 4.31 Å². The molecule has 0 bridgehead atoms. The number of hydrogen-bond acceptors (Lipinski definition) is 11. The van der Waals surface area contributed by atoms with Gasteiger partial charge in [0.2, 0.25) is 16.3 Å². The Bertz CT molecular complexity index is 1340. The molecule has 2 aromatic rings. The Labute approximate surface area is 238 Å². The topological polar surface area (TPSA) is 152 Å². The fourth-order valence-corrected chi connectivity index (χ4v) is 6.02. The maximum Gasteiger partial charge on any atom is 0.304 e. The van der Waals surface area contributed by atoms with Gasteiger partial charge in [-0.2, -0.15) is 4.31 Å². The predicted molar refractivity (Wildman–Crippen MR) is 142 cm³/mol. The zero-order valence-corrected chi connectivity index (χ0v) is 24.2. The molecule has 1 heterocycles. The van der Waals surface area contributed by atoms with E-state index in [0.717, 1.165) is 37.6 Å². The van der Waals surface area contributed by atoms with Crippen molar-refractivity contribution in [3.05, 3.63) is 65.7 Å². The van der Waals surface area contributed by atoms with E-state index in [9.17, 15) is 27.6 Å². The van der Waals surface area contributed by atoms with Gasteiger partial charge in [-0.25, -0.2) is 8.42 Å². The molecule has 1 aliphatic heterocycles. The lowest BCUT2D eigenvalue weighted by Crippen LogP contribution is -2.67. The van der Waals surface area contributed by atoms with Gasteiger partial charge in [-0.15, -0.1) is 0 Å². The van der Waals surface area contributed by atoms with Gasteiger partial charge in [-0.3, -0.25) is 19.2 Å². The highest BCUT2D eigenvalue weighted by Crippen LogP contribution is 2.35. The van der Waals surface area contributed by atoms with Gasteiger partial charge in [0.25, 0.3) is 0 Å². The molecule has 0 aliphatic carbocycles. The van der Waals surface area contributed by atoms with Gasteiger partial charge in [0.15, 0.2) is 12.2 Å². The van der Waals surface area contributed by atoms with Crippen molar-refractivity contribution in [3.8, 4) is 0 Å². The Morgan fingerprint density at radius 3 is 1.88 bits per heavy atom. The Morgan fingerprint density at radius 1 is 0.780 bits per heavy atom. The van der Waals surface area contributed by atoms with Crippen molar-refractivity contribution in [2.75, 3.05) is 6.61 Å². The second kappa shape index (κ2) is 13.7. The second-order valence-corrected chi connectivity index (χ2v) is 11.3. The summed E-state index contributed by atoms with van der Waals surface area (Å²) in [6, 6.07) is 13.1. The van der Waals surface area contributed by atoms with Crippen LogP contribution in [-0.2, 0) is 59.4 Å². The molecule has 0 spiro atoms. The van der Waals surface area contributed by atoms with Crippen LogP contribution in [0.2, 0.25) is 0 Å².